The molecule has 7 heteroatoms. The SMILES string of the molecule is CCNC(=S)Nc1cccc(S(=O)(=O)Nc2ccccc2)c1. The average Bonchev–Trinajstić information content (AvgIpc) is 2.48. The average molecular weight is 335 g/mol. The van der Waals surface area contributed by atoms with Crippen molar-refractivity contribution in [3.63, 3.8) is 0 Å². The molecule has 0 aliphatic heterocycles. The third-order valence-electron chi connectivity index (χ3n) is 2.77. The zero-order valence-corrected chi connectivity index (χ0v) is 13.7. The number of para-hydroxylation sites is 1. The van der Waals surface area contributed by atoms with E-state index in [1.165, 1.54) is 12.1 Å². The molecule has 0 atom stereocenters. The molecule has 0 amide bonds. The lowest BCUT2D eigenvalue weighted by atomic mass is 10.3. The molecule has 0 radical (unpaired) electrons. The highest BCUT2D eigenvalue weighted by atomic mass is 32.2. The molecule has 0 unspecified atom stereocenters. The van der Waals surface area contributed by atoms with Gasteiger partial charge in [-0.2, -0.15) is 0 Å². The molecule has 0 spiro atoms. The maximum atomic E-state index is 12.4. The van der Waals surface area contributed by atoms with E-state index in [1.807, 2.05) is 13.0 Å². The van der Waals surface area contributed by atoms with E-state index in [9.17, 15) is 8.42 Å². The third kappa shape index (κ3) is 4.44. The Hall–Kier alpha value is -2.12. The number of thiocarbonyl (C=S) groups is 1. The van der Waals surface area contributed by atoms with Crippen molar-refractivity contribution in [3.8, 4) is 0 Å². The Bertz CT molecular complexity index is 746. The van der Waals surface area contributed by atoms with Crippen molar-refractivity contribution in [2.45, 2.75) is 11.8 Å². The van der Waals surface area contributed by atoms with Crippen LogP contribution in [0, 0.1) is 0 Å². The van der Waals surface area contributed by atoms with E-state index in [1.54, 1.807) is 36.4 Å². The zero-order chi connectivity index (χ0) is 16.0. The Labute approximate surface area is 135 Å². The van der Waals surface area contributed by atoms with Crippen molar-refractivity contribution >= 4 is 38.7 Å². The summed E-state index contributed by atoms with van der Waals surface area (Å²) >= 11 is 5.09. The third-order valence-corrected chi connectivity index (χ3v) is 4.39. The molecule has 22 heavy (non-hydrogen) atoms. The lowest BCUT2D eigenvalue weighted by Crippen LogP contribution is -2.28. The molecule has 5 nitrogen and oxygen atoms in total. The maximum Gasteiger partial charge on any atom is 0.261 e. The molecule has 0 saturated heterocycles. The molecule has 2 aromatic carbocycles. The zero-order valence-electron chi connectivity index (χ0n) is 12.0. The van der Waals surface area contributed by atoms with E-state index in [4.69, 9.17) is 12.2 Å². The van der Waals surface area contributed by atoms with E-state index in [0.717, 1.165) is 0 Å². The van der Waals surface area contributed by atoms with E-state index >= 15 is 0 Å². The Balaban J connectivity index is 2.19. The predicted molar refractivity (Wildman–Crippen MR) is 93.6 cm³/mol. The van der Waals surface area contributed by atoms with Gasteiger partial charge in [-0.1, -0.05) is 24.3 Å². The molecule has 0 aromatic heterocycles. The van der Waals surface area contributed by atoms with Crippen molar-refractivity contribution in [2.75, 3.05) is 16.6 Å². The molecule has 3 N–H and O–H groups in total. The minimum atomic E-state index is -3.64. The van der Waals surface area contributed by atoms with Gasteiger partial charge in [0.2, 0.25) is 0 Å². The summed E-state index contributed by atoms with van der Waals surface area (Å²) in [4.78, 5) is 0.167. The van der Waals surface area contributed by atoms with Crippen LogP contribution >= 0.6 is 12.2 Å². The second kappa shape index (κ2) is 7.24. The highest BCUT2D eigenvalue weighted by Crippen LogP contribution is 2.19. The Kier molecular flexibility index (Phi) is 5.35. The lowest BCUT2D eigenvalue weighted by molar-refractivity contribution is 0.601. The van der Waals surface area contributed by atoms with E-state index in [2.05, 4.69) is 15.4 Å². The number of anilines is 2. The Morgan fingerprint density at radius 1 is 1.05 bits per heavy atom. The fourth-order valence-corrected chi connectivity index (χ4v) is 3.16. The summed E-state index contributed by atoms with van der Waals surface area (Å²) in [6.07, 6.45) is 0. The van der Waals surface area contributed by atoms with Gasteiger partial charge in [0, 0.05) is 17.9 Å². The van der Waals surface area contributed by atoms with Crippen LogP contribution in [0.15, 0.2) is 59.5 Å². The summed E-state index contributed by atoms with van der Waals surface area (Å²) in [5, 5.41) is 6.35. The Morgan fingerprint density at radius 2 is 1.73 bits per heavy atom. The van der Waals surface area contributed by atoms with Gasteiger partial charge in [0.25, 0.3) is 10.0 Å². The van der Waals surface area contributed by atoms with Gasteiger partial charge < -0.3 is 10.6 Å². The Morgan fingerprint density at radius 3 is 2.41 bits per heavy atom. The second-order valence-corrected chi connectivity index (χ2v) is 6.57. The summed E-state index contributed by atoms with van der Waals surface area (Å²) in [5.41, 5.74) is 1.13. The molecule has 0 heterocycles. The van der Waals surface area contributed by atoms with Crippen LogP contribution in [0.25, 0.3) is 0 Å². The summed E-state index contributed by atoms with van der Waals surface area (Å²) < 4.78 is 27.3. The molecule has 0 fully saturated rings. The first-order valence-electron chi connectivity index (χ1n) is 6.74. The quantitative estimate of drug-likeness (QED) is 0.733. The van der Waals surface area contributed by atoms with Gasteiger partial charge in [-0.25, -0.2) is 8.42 Å². The van der Waals surface area contributed by atoms with Gasteiger partial charge in [-0.05, 0) is 49.5 Å². The molecule has 0 aliphatic rings. The van der Waals surface area contributed by atoms with Crippen molar-refractivity contribution < 1.29 is 8.42 Å². The summed E-state index contributed by atoms with van der Waals surface area (Å²) in [6.45, 7) is 2.62. The normalized spacial score (nSPS) is 10.8. The van der Waals surface area contributed by atoms with E-state index < -0.39 is 10.0 Å². The number of rotatable bonds is 5. The summed E-state index contributed by atoms with van der Waals surface area (Å²) in [6, 6.07) is 15.2. The predicted octanol–water partition coefficient (Wildman–Crippen LogP) is 2.79. The van der Waals surface area contributed by atoms with Crippen molar-refractivity contribution in [1.82, 2.24) is 5.32 Å². The van der Waals surface area contributed by atoms with Gasteiger partial charge in [-0.15, -0.1) is 0 Å². The summed E-state index contributed by atoms with van der Waals surface area (Å²) in [7, 11) is -3.64. The second-order valence-electron chi connectivity index (χ2n) is 4.48. The van der Waals surface area contributed by atoms with Gasteiger partial charge in [-0.3, -0.25) is 4.72 Å². The topological polar surface area (TPSA) is 70.2 Å². The molecule has 2 rings (SSSR count). The molecular formula is C15H17N3O2S2. The van der Waals surface area contributed by atoms with Crippen LogP contribution in [-0.4, -0.2) is 20.1 Å². The first-order valence-corrected chi connectivity index (χ1v) is 8.63. The molecular weight excluding hydrogens is 318 g/mol. The lowest BCUT2D eigenvalue weighted by Gasteiger charge is -2.11. The first-order chi connectivity index (χ1) is 10.5. The summed E-state index contributed by atoms with van der Waals surface area (Å²) in [5.74, 6) is 0. The monoisotopic (exact) mass is 335 g/mol. The minimum absolute atomic E-state index is 0.167. The number of hydrogen-bond donors (Lipinski definition) is 3. The van der Waals surface area contributed by atoms with E-state index in [0.29, 0.717) is 23.0 Å². The smallest absolute Gasteiger partial charge is 0.261 e. The van der Waals surface area contributed by atoms with Crippen LogP contribution in [0.3, 0.4) is 0 Å². The highest BCUT2D eigenvalue weighted by Gasteiger charge is 2.14. The van der Waals surface area contributed by atoms with Crippen molar-refractivity contribution in [1.29, 1.82) is 0 Å². The minimum Gasteiger partial charge on any atom is -0.363 e. The number of benzene rings is 2. The highest BCUT2D eigenvalue weighted by molar-refractivity contribution is 7.92. The van der Waals surface area contributed by atoms with Crippen molar-refractivity contribution in [3.05, 3.63) is 54.6 Å². The standard InChI is InChI=1S/C15H17N3O2S2/c1-2-16-15(21)17-13-9-6-10-14(11-13)22(19,20)18-12-7-4-3-5-8-12/h3-11,18H,2H2,1H3,(H2,16,17,21). The van der Waals surface area contributed by atoms with Crippen LogP contribution < -0.4 is 15.4 Å². The number of hydrogen-bond acceptors (Lipinski definition) is 3. The van der Waals surface area contributed by atoms with E-state index in [-0.39, 0.29) is 4.90 Å². The van der Waals surface area contributed by atoms with Crippen LogP contribution in [-0.2, 0) is 10.0 Å². The van der Waals surface area contributed by atoms with Crippen molar-refractivity contribution in [2.24, 2.45) is 0 Å². The van der Waals surface area contributed by atoms with Crippen LogP contribution in [0.4, 0.5) is 11.4 Å². The maximum absolute atomic E-state index is 12.4. The first kappa shape index (κ1) is 16.3. The van der Waals surface area contributed by atoms with Gasteiger partial charge in [0.15, 0.2) is 5.11 Å². The molecule has 2 aromatic rings. The van der Waals surface area contributed by atoms with Gasteiger partial charge in [0.1, 0.15) is 0 Å². The van der Waals surface area contributed by atoms with Gasteiger partial charge >= 0.3 is 0 Å². The fourth-order valence-electron chi connectivity index (χ4n) is 1.80. The molecule has 116 valence electrons. The van der Waals surface area contributed by atoms with Crippen LogP contribution in [0.1, 0.15) is 6.92 Å². The number of sulfonamides is 1. The fraction of sp³-hybridized carbons (Fsp3) is 0.133. The number of nitrogens with one attached hydrogen (secondary N) is 3. The molecule has 0 saturated carbocycles. The largest absolute Gasteiger partial charge is 0.363 e. The van der Waals surface area contributed by atoms with Crippen LogP contribution in [0.5, 0.6) is 0 Å². The molecule has 0 aliphatic carbocycles. The molecule has 0 bridgehead atoms. The van der Waals surface area contributed by atoms with Gasteiger partial charge in [0.05, 0.1) is 4.90 Å². The van der Waals surface area contributed by atoms with Crippen LogP contribution in [0.2, 0.25) is 0 Å².